The van der Waals surface area contributed by atoms with Gasteiger partial charge >= 0.3 is 5.97 Å². The van der Waals surface area contributed by atoms with Crippen LogP contribution in [0.5, 0.6) is 17.5 Å². The number of pyridine rings is 1. The normalized spacial score (nSPS) is 11.6. The summed E-state index contributed by atoms with van der Waals surface area (Å²) in [6, 6.07) is 12.7. The maximum Gasteiger partial charge on any atom is 0.344 e. The molecule has 1 amide bonds. The Hall–Kier alpha value is -4.05. The van der Waals surface area contributed by atoms with Gasteiger partial charge in [0.1, 0.15) is 5.75 Å². The highest BCUT2D eigenvalue weighted by atomic mass is 19.1. The lowest BCUT2D eigenvalue weighted by atomic mass is 10.0. The van der Waals surface area contributed by atoms with Gasteiger partial charge in [-0.15, -0.1) is 0 Å². The number of aromatic nitrogens is 1. The van der Waals surface area contributed by atoms with Gasteiger partial charge in [0.2, 0.25) is 5.91 Å². The molecule has 10 heteroatoms. The molecule has 0 aliphatic heterocycles. The molecule has 0 aliphatic carbocycles. The average molecular weight is 485 g/mol. The van der Waals surface area contributed by atoms with Gasteiger partial charge in [-0.1, -0.05) is 32.0 Å². The maximum atomic E-state index is 14.5. The number of nitrogens with one attached hydrogen (secondary N) is 1. The molecule has 35 heavy (non-hydrogen) atoms. The SMILES string of the molecule is CCC(=O)Nc1cc(Oc2nc(OC(CC)C(=O)O)c(F)cc2F)cc(-c2cccc(CN)c2)c1. The van der Waals surface area contributed by atoms with Crippen molar-refractivity contribution in [1.29, 1.82) is 0 Å². The number of hydrogen-bond acceptors (Lipinski definition) is 6. The van der Waals surface area contributed by atoms with Gasteiger partial charge in [-0.05, 0) is 41.3 Å². The Morgan fingerprint density at radius 2 is 1.80 bits per heavy atom. The first-order valence-corrected chi connectivity index (χ1v) is 10.9. The van der Waals surface area contributed by atoms with Crippen molar-refractivity contribution in [3.63, 3.8) is 0 Å². The predicted molar refractivity (Wildman–Crippen MR) is 125 cm³/mol. The minimum absolute atomic E-state index is 0.0361. The molecular formula is C25H25F2N3O5. The van der Waals surface area contributed by atoms with E-state index in [-0.39, 0.29) is 24.5 Å². The summed E-state index contributed by atoms with van der Waals surface area (Å²) in [7, 11) is 0. The summed E-state index contributed by atoms with van der Waals surface area (Å²) < 4.78 is 39.4. The van der Waals surface area contributed by atoms with Gasteiger partial charge in [0.05, 0.1) is 0 Å². The van der Waals surface area contributed by atoms with E-state index in [1.54, 1.807) is 19.1 Å². The third-order valence-electron chi connectivity index (χ3n) is 4.99. The molecule has 0 aliphatic rings. The molecule has 0 radical (unpaired) electrons. The minimum atomic E-state index is -1.37. The van der Waals surface area contributed by atoms with Crippen molar-refractivity contribution >= 4 is 17.6 Å². The number of amides is 1. The van der Waals surface area contributed by atoms with Crippen LogP contribution in [0.4, 0.5) is 14.5 Å². The number of ether oxygens (including phenoxy) is 2. The molecule has 0 saturated carbocycles. The second-order valence-electron chi connectivity index (χ2n) is 7.57. The first-order chi connectivity index (χ1) is 16.7. The number of carbonyl (C=O) groups excluding carboxylic acids is 1. The molecule has 8 nitrogen and oxygen atoms in total. The van der Waals surface area contributed by atoms with E-state index in [4.69, 9.17) is 20.3 Å². The molecule has 0 saturated heterocycles. The third kappa shape index (κ3) is 6.51. The Morgan fingerprint density at radius 3 is 2.46 bits per heavy atom. The van der Waals surface area contributed by atoms with Crippen molar-refractivity contribution in [2.45, 2.75) is 39.3 Å². The number of carbonyl (C=O) groups is 2. The molecule has 3 rings (SSSR count). The Morgan fingerprint density at radius 1 is 1.06 bits per heavy atom. The van der Waals surface area contributed by atoms with E-state index in [1.165, 1.54) is 13.0 Å². The third-order valence-corrected chi connectivity index (χ3v) is 4.99. The van der Waals surface area contributed by atoms with Crippen molar-refractivity contribution in [2.75, 3.05) is 5.32 Å². The molecule has 0 spiro atoms. The number of carboxylic acids is 1. The van der Waals surface area contributed by atoms with Crippen LogP contribution in [0, 0.1) is 11.6 Å². The zero-order valence-electron chi connectivity index (χ0n) is 19.2. The molecular weight excluding hydrogens is 460 g/mol. The van der Waals surface area contributed by atoms with Crippen molar-refractivity contribution in [2.24, 2.45) is 5.73 Å². The summed E-state index contributed by atoms with van der Waals surface area (Å²) in [6.45, 7) is 3.56. The van der Waals surface area contributed by atoms with E-state index in [1.807, 2.05) is 24.3 Å². The van der Waals surface area contributed by atoms with Crippen LogP contribution in [0.25, 0.3) is 11.1 Å². The fourth-order valence-corrected chi connectivity index (χ4v) is 3.17. The van der Waals surface area contributed by atoms with Crippen LogP contribution in [0.15, 0.2) is 48.5 Å². The molecule has 184 valence electrons. The van der Waals surface area contributed by atoms with Gasteiger partial charge in [0.25, 0.3) is 11.8 Å². The first-order valence-electron chi connectivity index (χ1n) is 10.9. The number of aliphatic carboxylic acids is 1. The monoisotopic (exact) mass is 485 g/mol. The van der Waals surface area contributed by atoms with Crippen molar-refractivity contribution in [1.82, 2.24) is 4.98 Å². The topological polar surface area (TPSA) is 124 Å². The minimum Gasteiger partial charge on any atom is -0.479 e. The quantitative estimate of drug-likeness (QED) is 0.374. The van der Waals surface area contributed by atoms with Crippen LogP contribution in [0.3, 0.4) is 0 Å². The van der Waals surface area contributed by atoms with E-state index >= 15 is 0 Å². The number of carboxylic acid groups (broad SMARTS) is 1. The van der Waals surface area contributed by atoms with E-state index in [0.29, 0.717) is 23.9 Å². The number of hydrogen-bond donors (Lipinski definition) is 3. The van der Waals surface area contributed by atoms with E-state index in [9.17, 15) is 18.4 Å². The number of benzene rings is 2. The number of nitrogens with zero attached hydrogens (tertiary/aromatic N) is 1. The summed E-state index contributed by atoms with van der Waals surface area (Å²) >= 11 is 0. The second-order valence-corrected chi connectivity index (χ2v) is 7.57. The van der Waals surface area contributed by atoms with Crippen LogP contribution in [0.1, 0.15) is 32.3 Å². The van der Waals surface area contributed by atoms with Crippen molar-refractivity contribution < 1.29 is 33.0 Å². The standard InChI is InChI=1S/C25H25F2N3O5/c1-3-21(25(32)33)35-24-20(27)12-19(26)23(30-24)34-18-10-16(9-17(11-18)29-22(31)4-2)15-7-5-6-14(8-15)13-28/h5-12,21H,3-4,13,28H2,1-2H3,(H,29,31)(H,32,33). The highest BCUT2D eigenvalue weighted by molar-refractivity contribution is 5.91. The molecule has 1 heterocycles. The van der Waals surface area contributed by atoms with Crippen LogP contribution in [-0.4, -0.2) is 28.1 Å². The zero-order valence-corrected chi connectivity index (χ0v) is 19.2. The Balaban J connectivity index is 2.02. The molecule has 3 aromatic rings. The predicted octanol–water partition coefficient (Wildman–Crippen LogP) is 4.87. The van der Waals surface area contributed by atoms with E-state index in [0.717, 1.165) is 11.1 Å². The van der Waals surface area contributed by atoms with Crippen molar-refractivity contribution in [3.05, 3.63) is 65.7 Å². The van der Waals surface area contributed by atoms with Gasteiger partial charge in [0, 0.05) is 30.8 Å². The number of nitrogens with two attached hydrogens (primary N) is 1. The molecule has 0 fully saturated rings. The molecule has 4 N–H and O–H groups in total. The summed E-state index contributed by atoms with van der Waals surface area (Å²) in [5.41, 5.74) is 8.42. The van der Waals surface area contributed by atoms with Gasteiger partial charge in [-0.25, -0.2) is 13.6 Å². The van der Waals surface area contributed by atoms with Crippen molar-refractivity contribution in [3.8, 4) is 28.6 Å². The Bertz CT molecular complexity index is 1240. The summed E-state index contributed by atoms with van der Waals surface area (Å²) in [6.07, 6.45) is -1.10. The summed E-state index contributed by atoms with van der Waals surface area (Å²) in [5, 5.41) is 11.9. The van der Waals surface area contributed by atoms with Crippen LogP contribution in [-0.2, 0) is 16.1 Å². The fourth-order valence-electron chi connectivity index (χ4n) is 3.17. The van der Waals surface area contributed by atoms with E-state index < -0.39 is 35.5 Å². The van der Waals surface area contributed by atoms with Crippen LogP contribution >= 0.6 is 0 Å². The largest absolute Gasteiger partial charge is 0.479 e. The highest BCUT2D eigenvalue weighted by Gasteiger charge is 2.22. The van der Waals surface area contributed by atoms with Gasteiger partial charge in [-0.2, -0.15) is 4.98 Å². The molecule has 0 bridgehead atoms. The first kappa shape index (κ1) is 25.6. The summed E-state index contributed by atoms with van der Waals surface area (Å²) in [5.74, 6) is -5.08. The maximum absolute atomic E-state index is 14.5. The molecule has 1 atom stereocenters. The van der Waals surface area contributed by atoms with Crippen LogP contribution < -0.4 is 20.5 Å². The molecule has 1 aromatic heterocycles. The fraction of sp³-hybridized carbons (Fsp3) is 0.240. The van der Waals surface area contributed by atoms with Gasteiger partial charge in [-0.3, -0.25) is 4.79 Å². The highest BCUT2D eigenvalue weighted by Crippen LogP contribution is 2.33. The Kier molecular flexibility index (Phi) is 8.32. The lowest BCUT2D eigenvalue weighted by Crippen LogP contribution is -2.26. The lowest BCUT2D eigenvalue weighted by Gasteiger charge is -2.15. The number of halogens is 2. The second kappa shape index (κ2) is 11.4. The lowest BCUT2D eigenvalue weighted by molar-refractivity contribution is -0.145. The molecule has 2 aromatic carbocycles. The average Bonchev–Trinajstić information content (AvgIpc) is 2.84. The number of anilines is 1. The zero-order chi connectivity index (χ0) is 25.5. The van der Waals surface area contributed by atoms with Gasteiger partial charge < -0.3 is 25.6 Å². The van der Waals surface area contributed by atoms with Gasteiger partial charge in [0.15, 0.2) is 17.7 Å². The van der Waals surface area contributed by atoms with Crippen LogP contribution in [0.2, 0.25) is 0 Å². The number of rotatable bonds is 10. The smallest absolute Gasteiger partial charge is 0.344 e. The summed E-state index contributed by atoms with van der Waals surface area (Å²) in [4.78, 5) is 26.9. The van der Waals surface area contributed by atoms with E-state index in [2.05, 4.69) is 10.3 Å². The Labute approximate surface area is 200 Å². The molecule has 1 unspecified atom stereocenters.